The lowest BCUT2D eigenvalue weighted by Gasteiger charge is -2.35. The average molecular weight is 320 g/mol. The molecule has 6 nitrogen and oxygen atoms in total. The molecule has 0 bridgehead atoms. The first kappa shape index (κ1) is 17.7. The fourth-order valence-corrected chi connectivity index (χ4v) is 2.94. The number of carbonyl (C=O) groups excluding carboxylic acids is 1. The molecule has 1 aliphatic rings. The first-order valence-electron chi connectivity index (χ1n) is 8.30. The highest BCUT2D eigenvalue weighted by Gasteiger charge is 2.21. The van der Waals surface area contributed by atoms with Gasteiger partial charge in [-0.05, 0) is 31.9 Å². The number of ether oxygens (including phenoxy) is 1. The molecular formula is C17H28N4O2. The molecule has 0 aromatic carbocycles. The molecule has 2 heterocycles. The van der Waals surface area contributed by atoms with Gasteiger partial charge >= 0.3 is 6.03 Å². The summed E-state index contributed by atoms with van der Waals surface area (Å²) in [7, 11) is 1.80. The Balaban J connectivity index is 1.62. The van der Waals surface area contributed by atoms with Gasteiger partial charge in [0, 0.05) is 52.2 Å². The van der Waals surface area contributed by atoms with Crippen molar-refractivity contribution < 1.29 is 9.53 Å². The van der Waals surface area contributed by atoms with E-state index in [9.17, 15) is 4.79 Å². The Kier molecular flexibility index (Phi) is 6.80. The highest BCUT2D eigenvalue weighted by molar-refractivity contribution is 5.73. The molecule has 1 aromatic heterocycles. The van der Waals surface area contributed by atoms with E-state index in [1.54, 1.807) is 24.3 Å². The van der Waals surface area contributed by atoms with Gasteiger partial charge in [0.2, 0.25) is 0 Å². The Morgan fingerprint density at radius 3 is 2.83 bits per heavy atom. The summed E-state index contributed by atoms with van der Waals surface area (Å²) in [5.74, 6) is 0. The van der Waals surface area contributed by atoms with Gasteiger partial charge < -0.3 is 15.0 Å². The molecule has 2 atom stereocenters. The third-order valence-electron chi connectivity index (χ3n) is 3.91. The van der Waals surface area contributed by atoms with Gasteiger partial charge in [0.25, 0.3) is 0 Å². The summed E-state index contributed by atoms with van der Waals surface area (Å²) in [5, 5.41) is 2.97. The molecule has 0 radical (unpaired) electrons. The Morgan fingerprint density at radius 1 is 1.43 bits per heavy atom. The highest BCUT2D eigenvalue weighted by Crippen LogP contribution is 2.10. The molecule has 1 fully saturated rings. The lowest BCUT2D eigenvalue weighted by atomic mass is 10.2. The van der Waals surface area contributed by atoms with Crippen LogP contribution in [0.4, 0.5) is 4.79 Å². The average Bonchev–Trinajstić information content (AvgIpc) is 2.51. The number of amides is 2. The molecular weight excluding hydrogens is 292 g/mol. The minimum atomic E-state index is -0.0439. The molecule has 0 spiro atoms. The van der Waals surface area contributed by atoms with Crippen molar-refractivity contribution in [1.82, 2.24) is 20.1 Å². The van der Waals surface area contributed by atoms with E-state index in [1.165, 1.54) is 0 Å². The van der Waals surface area contributed by atoms with Gasteiger partial charge in [-0.15, -0.1) is 0 Å². The molecule has 2 amide bonds. The van der Waals surface area contributed by atoms with Crippen LogP contribution in [0.5, 0.6) is 0 Å². The monoisotopic (exact) mass is 320 g/mol. The standard InChI is InChI=1S/C17H28N4O2/c1-14-11-21(12-15(2)23-14)9-5-8-19-17(22)20(3)13-16-6-4-7-18-10-16/h4,6-7,10,14-15H,5,8-9,11-13H2,1-3H3,(H,19,22)/t14-,15+. The van der Waals surface area contributed by atoms with Crippen LogP contribution in [0.3, 0.4) is 0 Å². The van der Waals surface area contributed by atoms with Crippen LogP contribution in [0.2, 0.25) is 0 Å². The van der Waals surface area contributed by atoms with Gasteiger partial charge in [-0.1, -0.05) is 6.07 Å². The van der Waals surface area contributed by atoms with Crippen molar-refractivity contribution in [3.05, 3.63) is 30.1 Å². The lowest BCUT2D eigenvalue weighted by Crippen LogP contribution is -2.46. The fraction of sp³-hybridized carbons (Fsp3) is 0.647. The summed E-state index contributed by atoms with van der Waals surface area (Å²) in [4.78, 5) is 20.2. The van der Waals surface area contributed by atoms with E-state index in [4.69, 9.17) is 4.74 Å². The SMILES string of the molecule is C[C@@H]1CN(CCCNC(=O)N(C)Cc2cccnc2)C[C@H](C)O1. The Labute approximate surface area is 138 Å². The number of nitrogens with zero attached hydrogens (tertiary/aromatic N) is 3. The second-order valence-electron chi connectivity index (χ2n) is 6.32. The van der Waals surface area contributed by atoms with E-state index in [1.807, 2.05) is 12.1 Å². The third kappa shape index (κ3) is 6.15. The van der Waals surface area contributed by atoms with Crippen molar-refractivity contribution in [2.75, 3.05) is 33.2 Å². The van der Waals surface area contributed by atoms with Gasteiger partial charge in [0.1, 0.15) is 0 Å². The zero-order valence-electron chi connectivity index (χ0n) is 14.4. The van der Waals surface area contributed by atoms with Crippen molar-refractivity contribution in [3.63, 3.8) is 0 Å². The number of hydrogen-bond acceptors (Lipinski definition) is 4. The lowest BCUT2D eigenvalue weighted by molar-refractivity contribution is -0.0679. The van der Waals surface area contributed by atoms with Crippen molar-refractivity contribution in [2.45, 2.75) is 39.0 Å². The highest BCUT2D eigenvalue weighted by atomic mass is 16.5. The van der Waals surface area contributed by atoms with Crippen LogP contribution < -0.4 is 5.32 Å². The summed E-state index contributed by atoms with van der Waals surface area (Å²) in [6, 6.07) is 3.81. The summed E-state index contributed by atoms with van der Waals surface area (Å²) >= 11 is 0. The van der Waals surface area contributed by atoms with Gasteiger partial charge in [0.15, 0.2) is 0 Å². The van der Waals surface area contributed by atoms with Crippen molar-refractivity contribution in [2.24, 2.45) is 0 Å². The van der Waals surface area contributed by atoms with E-state index >= 15 is 0 Å². The van der Waals surface area contributed by atoms with E-state index in [2.05, 4.69) is 29.0 Å². The number of pyridine rings is 1. The van der Waals surface area contributed by atoms with Crippen molar-refractivity contribution in [3.8, 4) is 0 Å². The molecule has 2 rings (SSSR count). The van der Waals surface area contributed by atoms with Gasteiger partial charge in [-0.25, -0.2) is 4.79 Å². The third-order valence-corrected chi connectivity index (χ3v) is 3.91. The number of aromatic nitrogens is 1. The summed E-state index contributed by atoms with van der Waals surface area (Å²) < 4.78 is 5.73. The normalized spacial score (nSPS) is 21.9. The van der Waals surface area contributed by atoms with E-state index in [0.29, 0.717) is 25.3 Å². The van der Waals surface area contributed by atoms with Gasteiger partial charge in [-0.3, -0.25) is 9.88 Å². The minimum absolute atomic E-state index is 0.0439. The molecule has 6 heteroatoms. The Bertz CT molecular complexity index is 473. The molecule has 0 aliphatic carbocycles. The van der Waals surface area contributed by atoms with Crippen LogP contribution in [-0.4, -0.2) is 66.2 Å². The number of morpholine rings is 1. The predicted molar refractivity (Wildman–Crippen MR) is 90.2 cm³/mol. The van der Waals surface area contributed by atoms with Crippen LogP contribution in [0.25, 0.3) is 0 Å². The van der Waals surface area contributed by atoms with E-state index < -0.39 is 0 Å². The topological polar surface area (TPSA) is 57.7 Å². The maximum absolute atomic E-state index is 12.1. The second-order valence-corrected chi connectivity index (χ2v) is 6.32. The Morgan fingerprint density at radius 2 is 2.17 bits per heavy atom. The fourth-order valence-electron chi connectivity index (χ4n) is 2.94. The number of urea groups is 1. The maximum Gasteiger partial charge on any atom is 0.317 e. The van der Waals surface area contributed by atoms with Crippen LogP contribution in [0.15, 0.2) is 24.5 Å². The van der Waals surface area contributed by atoms with Crippen molar-refractivity contribution >= 4 is 6.03 Å². The summed E-state index contributed by atoms with van der Waals surface area (Å²) in [5.41, 5.74) is 1.03. The summed E-state index contributed by atoms with van der Waals surface area (Å²) in [6.45, 7) is 8.41. The minimum Gasteiger partial charge on any atom is -0.373 e. The number of hydrogen-bond donors (Lipinski definition) is 1. The molecule has 1 aromatic rings. The molecule has 0 unspecified atom stereocenters. The first-order valence-corrected chi connectivity index (χ1v) is 8.30. The molecule has 23 heavy (non-hydrogen) atoms. The largest absolute Gasteiger partial charge is 0.373 e. The number of nitrogens with one attached hydrogen (secondary N) is 1. The Hall–Kier alpha value is -1.66. The number of rotatable bonds is 6. The number of carbonyl (C=O) groups is 1. The van der Waals surface area contributed by atoms with Crippen molar-refractivity contribution in [1.29, 1.82) is 0 Å². The quantitative estimate of drug-likeness (QED) is 0.811. The first-order chi connectivity index (χ1) is 11.0. The smallest absolute Gasteiger partial charge is 0.317 e. The van der Waals surface area contributed by atoms with E-state index in [-0.39, 0.29) is 6.03 Å². The van der Waals surface area contributed by atoms with Crippen LogP contribution in [-0.2, 0) is 11.3 Å². The molecule has 0 saturated carbocycles. The molecule has 1 aliphatic heterocycles. The molecule has 128 valence electrons. The zero-order valence-corrected chi connectivity index (χ0v) is 14.4. The van der Waals surface area contributed by atoms with Gasteiger partial charge in [0.05, 0.1) is 12.2 Å². The second kappa shape index (κ2) is 8.84. The van der Waals surface area contributed by atoms with Crippen LogP contribution in [0.1, 0.15) is 25.8 Å². The molecule has 1 saturated heterocycles. The molecule has 1 N–H and O–H groups in total. The maximum atomic E-state index is 12.1. The van der Waals surface area contributed by atoms with Gasteiger partial charge in [-0.2, -0.15) is 0 Å². The predicted octanol–water partition coefficient (Wildman–Crippen LogP) is 1.72. The zero-order chi connectivity index (χ0) is 16.7. The van der Waals surface area contributed by atoms with Crippen LogP contribution >= 0.6 is 0 Å². The van der Waals surface area contributed by atoms with Crippen LogP contribution in [0, 0.1) is 0 Å². The van der Waals surface area contributed by atoms with E-state index in [0.717, 1.165) is 31.6 Å². The summed E-state index contributed by atoms with van der Waals surface area (Å²) in [6.07, 6.45) is 5.05.